The maximum absolute atomic E-state index is 13.5. The number of rotatable bonds is 8. The average molecular weight is 464 g/mol. The largest absolute Gasteiger partial charge is 0.313 e. The summed E-state index contributed by atoms with van der Waals surface area (Å²) in [5.41, 5.74) is 2.16. The summed E-state index contributed by atoms with van der Waals surface area (Å²) in [7, 11) is 0. The maximum Gasteiger partial charge on any atom is 0.157 e. The van der Waals surface area contributed by atoms with Crippen LogP contribution in [0.15, 0.2) is 36.5 Å². The van der Waals surface area contributed by atoms with Crippen LogP contribution in [0.3, 0.4) is 0 Å². The number of Topliss-reactive ketones (excluding diaryl/α,β-unsaturated/α-hetero) is 1. The molecular weight excluding hydrogens is 425 g/mol. The highest BCUT2D eigenvalue weighted by molar-refractivity contribution is 5.83. The number of ketones is 1. The lowest BCUT2D eigenvalue weighted by molar-refractivity contribution is -0.129. The third-order valence-electron chi connectivity index (χ3n) is 9.57. The predicted molar refractivity (Wildman–Crippen MR) is 134 cm³/mol. The lowest BCUT2D eigenvalue weighted by Crippen LogP contribution is -2.45. The van der Waals surface area contributed by atoms with Gasteiger partial charge in [0.15, 0.2) is 5.78 Å². The Morgan fingerprint density at radius 3 is 2.97 bits per heavy atom. The summed E-state index contributed by atoms with van der Waals surface area (Å²) in [6.07, 6.45) is 14.7. The third kappa shape index (κ3) is 4.38. The van der Waals surface area contributed by atoms with E-state index in [1.165, 1.54) is 56.0 Å². The maximum atomic E-state index is 13.5. The van der Waals surface area contributed by atoms with Crippen molar-refractivity contribution < 1.29 is 9.18 Å². The van der Waals surface area contributed by atoms with E-state index in [-0.39, 0.29) is 23.7 Å². The number of benzene rings is 1. The van der Waals surface area contributed by atoms with Crippen molar-refractivity contribution in [3.63, 3.8) is 0 Å². The number of fused-ring (bicyclic) bond motifs is 4. The van der Waals surface area contributed by atoms with Crippen molar-refractivity contribution in [1.29, 1.82) is 5.41 Å². The second-order valence-electron chi connectivity index (χ2n) is 11.6. The van der Waals surface area contributed by atoms with Crippen LogP contribution in [-0.4, -0.2) is 21.8 Å². The second kappa shape index (κ2) is 9.39. The van der Waals surface area contributed by atoms with Gasteiger partial charge in [0.05, 0.1) is 12.1 Å². The third-order valence-corrected chi connectivity index (χ3v) is 9.57. The van der Waals surface area contributed by atoms with Gasteiger partial charge in [-0.2, -0.15) is 5.10 Å². The molecule has 2 aromatic rings. The molecule has 5 rings (SSSR count). The quantitative estimate of drug-likeness (QED) is 0.339. The molecule has 3 saturated carbocycles. The highest BCUT2D eigenvalue weighted by Crippen LogP contribution is 2.62. The standard InChI is InChI=1S/C29H38FN3O/c1-19(4-3-13-31)14-20-5-7-24-21(15-20)11-12-29(2)25(24)8-9-26(29)28(34)18-33-17-22-16-23(30)6-10-27(22)32-33/h6,10,13,16-17,20-21,24-26,31H,1,3-5,7-9,11-12,14-15,18H2,2H3/t20-,21?,24-,25?,26-,29+/m1/s1. The summed E-state index contributed by atoms with van der Waals surface area (Å²) in [6, 6.07) is 4.58. The molecule has 0 spiro atoms. The molecule has 3 aliphatic rings. The number of hydrogen-bond donors (Lipinski definition) is 1. The van der Waals surface area contributed by atoms with Gasteiger partial charge in [0.1, 0.15) is 5.82 Å². The average Bonchev–Trinajstić information content (AvgIpc) is 3.37. The van der Waals surface area contributed by atoms with Crippen molar-refractivity contribution in [2.45, 2.75) is 77.7 Å². The fourth-order valence-electron chi connectivity index (χ4n) is 7.97. The van der Waals surface area contributed by atoms with E-state index in [9.17, 15) is 9.18 Å². The summed E-state index contributed by atoms with van der Waals surface area (Å²) in [5.74, 6) is 3.11. The van der Waals surface area contributed by atoms with Gasteiger partial charge in [0.2, 0.25) is 0 Å². The van der Waals surface area contributed by atoms with Crippen LogP contribution in [0, 0.1) is 46.2 Å². The van der Waals surface area contributed by atoms with Gasteiger partial charge in [-0.25, -0.2) is 4.39 Å². The molecule has 1 aromatic heterocycles. The molecule has 1 heterocycles. The number of halogens is 1. The molecule has 0 bridgehead atoms. The molecule has 4 nitrogen and oxygen atoms in total. The monoisotopic (exact) mass is 463 g/mol. The van der Waals surface area contributed by atoms with Gasteiger partial charge >= 0.3 is 0 Å². The zero-order chi connectivity index (χ0) is 23.9. The number of carbonyl (C=O) groups is 1. The number of nitrogens with one attached hydrogen (secondary N) is 1. The summed E-state index contributed by atoms with van der Waals surface area (Å²) in [5, 5.41) is 12.5. The predicted octanol–water partition coefficient (Wildman–Crippen LogP) is 6.98. The Balaban J connectivity index is 1.23. The summed E-state index contributed by atoms with van der Waals surface area (Å²) < 4.78 is 15.3. The molecule has 6 atom stereocenters. The van der Waals surface area contributed by atoms with Crippen LogP contribution in [0.4, 0.5) is 4.39 Å². The van der Waals surface area contributed by atoms with E-state index in [1.807, 2.05) is 0 Å². The first-order chi connectivity index (χ1) is 16.4. The topological polar surface area (TPSA) is 58.7 Å². The fraction of sp³-hybridized carbons (Fsp3) is 0.621. The summed E-state index contributed by atoms with van der Waals surface area (Å²) in [4.78, 5) is 13.5. The number of aromatic nitrogens is 2. The minimum atomic E-state index is -0.272. The van der Waals surface area contributed by atoms with E-state index in [2.05, 4.69) is 18.6 Å². The van der Waals surface area contributed by atoms with Crippen molar-refractivity contribution in [3.8, 4) is 0 Å². The van der Waals surface area contributed by atoms with Crippen LogP contribution in [0.25, 0.3) is 10.9 Å². The SMILES string of the molecule is C=C(CCC=N)C[C@H]1CC[C@@H]2C(CC[C@@]3(C)C2CC[C@@H]3C(=O)Cn2cc3cc(F)ccc3n2)C1. The van der Waals surface area contributed by atoms with Gasteiger partial charge in [0.25, 0.3) is 0 Å². The number of carbonyl (C=O) groups excluding carboxylic acids is 1. The Morgan fingerprint density at radius 1 is 1.29 bits per heavy atom. The second-order valence-corrected chi connectivity index (χ2v) is 11.6. The molecule has 5 heteroatoms. The normalized spacial score (nSPS) is 32.8. The Bertz CT molecular complexity index is 1090. The smallest absolute Gasteiger partial charge is 0.157 e. The van der Waals surface area contributed by atoms with Crippen LogP contribution < -0.4 is 0 Å². The van der Waals surface area contributed by atoms with E-state index in [4.69, 9.17) is 5.41 Å². The fourth-order valence-corrected chi connectivity index (χ4v) is 7.97. The Labute approximate surface area is 202 Å². The lowest BCUT2D eigenvalue weighted by atomic mass is 9.53. The number of allylic oxidation sites excluding steroid dienone is 1. The molecule has 0 saturated heterocycles. The van der Waals surface area contributed by atoms with Crippen molar-refractivity contribution in [3.05, 3.63) is 42.4 Å². The van der Waals surface area contributed by atoms with Gasteiger partial charge in [-0.3, -0.25) is 9.48 Å². The minimum Gasteiger partial charge on any atom is -0.313 e. The van der Waals surface area contributed by atoms with Crippen LogP contribution in [0.2, 0.25) is 0 Å². The Morgan fingerprint density at radius 2 is 2.15 bits per heavy atom. The first-order valence-corrected chi connectivity index (χ1v) is 13.2. The van der Waals surface area contributed by atoms with Crippen LogP contribution in [0.1, 0.15) is 71.1 Å². The summed E-state index contributed by atoms with van der Waals surface area (Å²) in [6.45, 7) is 6.95. The van der Waals surface area contributed by atoms with Crippen molar-refractivity contribution in [2.75, 3.05) is 0 Å². The molecule has 182 valence electrons. The molecule has 3 aliphatic carbocycles. The molecule has 0 radical (unpaired) electrons. The molecule has 2 unspecified atom stereocenters. The van der Waals surface area contributed by atoms with Crippen LogP contribution in [-0.2, 0) is 11.3 Å². The van der Waals surface area contributed by atoms with E-state index in [0.29, 0.717) is 11.7 Å². The molecule has 0 amide bonds. The van der Waals surface area contributed by atoms with Gasteiger partial charge in [-0.15, -0.1) is 0 Å². The number of hydrogen-bond acceptors (Lipinski definition) is 3. The summed E-state index contributed by atoms with van der Waals surface area (Å²) >= 11 is 0. The Kier molecular flexibility index (Phi) is 6.47. The minimum absolute atomic E-state index is 0.108. The highest BCUT2D eigenvalue weighted by Gasteiger charge is 2.56. The van der Waals surface area contributed by atoms with Crippen LogP contribution in [0.5, 0.6) is 0 Å². The molecule has 3 fully saturated rings. The zero-order valence-electron chi connectivity index (χ0n) is 20.4. The number of nitrogens with zero attached hydrogens (tertiary/aromatic N) is 2. The van der Waals surface area contributed by atoms with E-state index < -0.39 is 0 Å². The molecule has 34 heavy (non-hydrogen) atoms. The molecule has 0 aliphatic heterocycles. The van der Waals surface area contributed by atoms with E-state index >= 15 is 0 Å². The first kappa shape index (κ1) is 23.4. The zero-order valence-corrected chi connectivity index (χ0v) is 20.4. The Hall–Kier alpha value is -2.30. The van der Waals surface area contributed by atoms with Gasteiger partial charge in [-0.05, 0) is 118 Å². The highest BCUT2D eigenvalue weighted by atomic mass is 19.1. The van der Waals surface area contributed by atoms with Gasteiger partial charge < -0.3 is 5.41 Å². The van der Waals surface area contributed by atoms with Crippen molar-refractivity contribution in [1.82, 2.24) is 9.78 Å². The van der Waals surface area contributed by atoms with Gasteiger partial charge in [-0.1, -0.05) is 19.1 Å². The van der Waals surface area contributed by atoms with Gasteiger partial charge in [0, 0.05) is 17.5 Å². The molecular formula is C29H38FN3O. The molecule has 1 aromatic carbocycles. The first-order valence-electron chi connectivity index (χ1n) is 13.2. The van der Waals surface area contributed by atoms with Crippen molar-refractivity contribution >= 4 is 22.9 Å². The lowest BCUT2D eigenvalue weighted by Gasteiger charge is -2.51. The van der Waals surface area contributed by atoms with E-state index in [1.54, 1.807) is 16.9 Å². The van der Waals surface area contributed by atoms with Crippen molar-refractivity contribution in [2.24, 2.45) is 35.0 Å². The molecule has 1 N–H and O–H groups in total. The van der Waals surface area contributed by atoms with Crippen LogP contribution >= 0.6 is 0 Å². The van der Waals surface area contributed by atoms with E-state index in [0.717, 1.165) is 60.8 Å².